The van der Waals surface area contributed by atoms with E-state index in [9.17, 15) is 9.90 Å². The number of hydrogen-bond acceptors (Lipinski definition) is 2. The molecule has 1 aromatic carbocycles. The van der Waals surface area contributed by atoms with E-state index in [2.05, 4.69) is 0 Å². The van der Waals surface area contributed by atoms with Gasteiger partial charge >= 0.3 is 0 Å². The van der Waals surface area contributed by atoms with Gasteiger partial charge in [-0.3, -0.25) is 4.79 Å². The molecule has 0 bridgehead atoms. The molecule has 3 heteroatoms. The van der Waals surface area contributed by atoms with Gasteiger partial charge in [0, 0.05) is 6.42 Å². The highest BCUT2D eigenvalue weighted by atomic mass is 16.3. The molecule has 1 unspecified atom stereocenters. The van der Waals surface area contributed by atoms with Gasteiger partial charge in [0.05, 0.1) is 6.10 Å². The Bertz CT molecular complexity index is 374. The Balaban J connectivity index is 2.61. The third kappa shape index (κ3) is 3.66. The number of amides is 1. The minimum absolute atomic E-state index is 0.312. The first-order valence-electron chi connectivity index (χ1n) is 5.54. The van der Waals surface area contributed by atoms with E-state index in [0.717, 1.165) is 16.7 Å². The van der Waals surface area contributed by atoms with Gasteiger partial charge < -0.3 is 10.8 Å². The van der Waals surface area contributed by atoms with Crippen molar-refractivity contribution in [3.8, 4) is 0 Å². The van der Waals surface area contributed by atoms with Gasteiger partial charge in [0.1, 0.15) is 0 Å². The predicted molar refractivity (Wildman–Crippen MR) is 63.9 cm³/mol. The zero-order chi connectivity index (χ0) is 12.1. The van der Waals surface area contributed by atoms with Gasteiger partial charge in [-0.05, 0) is 37.8 Å². The Morgan fingerprint density at radius 3 is 2.75 bits per heavy atom. The summed E-state index contributed by atoms with van der Waals surface area (Å²) in [7, 11) is 0. The lowest BCUT2D eigenvalue weighted by Gasteiger charge is -2.14. The fourth-order valence-corrected chi connectivity index (χ4v) is 1.74. The van der Waals surface area contributed by atoms with Crippen molar-refractivity contribution in [1.82, 2.24) is 0 Å². The molecule has 1 atom stereocenters. The van der Waals surface area contributed by atoms with Crippen molar-refractivity contribution in [2.24, 2.45) is 5.73 Å². The normalized spacial score (nSPS) is 12.4. The second-order valence-electron chi connectivity index (χ2n) is 4.23. The molecule has 3 N–H and O–H groups in total. The van der Waals surface area contributed by atoms with Crippen LogP contribution >= 0.6 is 0 Å². The average molecular weight is 221 g/mol. The van der Waals surface area contributed by atoms with Crippen molar-refractivity contribution in [3.63, 3.8) is 0 Å². The maximum Gasteiger partial charge on any atom is 0.217 e. The first kappa shape index (κ1) is 12.7. The minimum Gasteiger partial charge on any atom is -0.388 e. The van der Waals surface area contributed by atoms with Crippen LogP contribution in [0.3, 0.4) is 0 Å². The van der Waals surface area contributed by atoms with Crippen LogP contribution in [0.2, 0.25) is 0 Å². The number of nitrogens with two attached hydrogens (primary N) is 1. The summed E-state index contributed by atoms with van der Waals surface area (Å²) in [6.07, 6.45) is 1.04. The number of aliphatic hydroxyl groups is 1. The second kappa shape index (κ2) is 5.66. The fourth-order valence-electron chi connectivity index (χ4n) is 1.74. The number of rotatable bonds is 5. The van der Waals surface area contributed by atoms with Crippen molar-refractivity contribution in [1.29, 1.82) is 0 Å². The maximum absolute atomic E-state index is 10.6. The summed E-state index contributed by atoms with van der Waals surface area (Å²) < 4.78 is 0. The summed E-state index contributed by atoms with van der Waals surface area (Å²) in [6, 6.07) is 6.02. The molecule has 1 rings (SSSR count). The van der Waals surface area contributed by atoms with Crippen LogP contribution in [0.1, 0.15) is 42.1 Å². The van der Waals surface area contributed by atoms with Gasteiger partial charge in [0.15, 0.2) is 0 Å². The lowest BCUT2D eigenvalue weighted by molar-refractivity contribution is -0.118. The molecule has 0 aliphatic rings. The van der Waals surface area contributed by atoms with E-state index < -0.39 is 6.10 Å². The number of carbonyl (C=O) groups excluding carboxylic acids is 1. The van der Waals surface area contributed by atoms with E-state index in [4.69, 9.17) is 5.73 Å². The minimum atomic E-state index is -0.501. The van der Waals surface area contributed by atoms with Gasteiger partial charge in [-0.15, -0.1) is 0 Å². The van der Waals surface area contributed by atoms with E-state index in [1.54, 1.807) is 0 Å². The molecule has 16 heavy (non-hydrogen) atoms. The number of hydrogen-bond donors (Lipinski definition) is 2. The van der Waals surface area contributed by atoms with Gasteiger partial charge in [0.25, 0.3) is 0 Å². The van der Waals surface area contributed by atoms with E-state index >= 15 is 0 Å². The van der Waals surface area contributed by atoms with E-state index in [-0.39, 0.29) is 5.91 Å². The quantitative estimate of drug-likeness (QED) is 0.798. The molecule has 0 spiro atoms. The molecule has 3 nitrogen and oxygen atoms in total. The van der Waals surface area contributed by atoms with Crippen molar-refractivity contribution >= 4 is 5.91 Å². The molecular formula is C13H19NO2. The molecule has 0 fully saturated rings. The Labute approximate surface area is 96.3 Å². The first-order chi connectivity index (χ1) is 7.50. The molecule has 0 aliphatic carbocycles. The zero-order valence-corrected chi connectivity index (χ0v) is 9.86. The lowest BCUT2D eigenvalue weighted by atomic mass is 9.97. The third-order valence-corrected chi connectivity index (χ3v) is 2.69. The molecule has 0 heterocycles. The number of aliphatic hydroxyl groups excluding tert-OH is 1. The van der Waals surface area contributed by atoms with E-state index in [1.807, 2.05) is 32.0 Å². The average Bonchev–Trinajstić information content (AvgIpc) is 2.21. The van der Waals surface area contributed by atoms with Crippen molar-refractivity contribution in [2.45, 2.75) is 39.2 Å². The SMILES string of the molecule is Cc1ccc(C)c(C(O)CCCC(N)=O)c1. The molecular weight excluding hydrogens is 202 g/mol. The molecule has 88 valence electrons. The maximum atomic E-state index is 10.6. The van der Waals surface area contributed by atoms with Crippen LogP contribution in [0.5, 0.6) is 0 Å². The first-order valence-corrected chi connectivity index (χ1v) is 5.54. The molecule has 0 aromatic heterocycles. The topological polar surface area (TPSA) is 63.3 Å². The van der Waals surface area contributed by atoms with Crippen molar-refractivity contribution in [2.75, 3.05) is 0 Å². The van der Waals surface area contributed by atoms with Crippen LogP contribution in [0, 0.1) is 13.8 Å². The highest BCUT2D eigenvalue weighted by molar-refractivity contribution is 5.73. The summed E-state index contributed by atoms with van der Waals surface area (Å²) in [6.45, 7) is 3.98. The lowest BCUT2D eigenvalue weighted by Crippen LogP contribution is -2.10. The Kier molecular flexibility index (Phi) is 4.50. The van der Waals surface area contributed by atoms with Crippen LogP contribution in [-0.4, -0.2) is 11.0 Å². The van der Waals surface area contributed by atoms with Crippen LogP contribution < -0.4 is 5.73 Å². The summed E-state index contributed by atoms with van der Waals surface area (Å²) in [4.78, 5) is 10.6. The molecule has 0 radical (unpaired) electrons. The van der Waals surface area contributed by atoms with Crippen molar-refractivity contribution in [3.05, 3.63) is 34.9 Å². The van der Waals surface area contributed by atoms with Crippen LogP contribution in [0.4, 0.5) is 0 Å². The zero-order valence-electron chi connectivity index (χ0n) is 9.86. The molecule has 1 aromatic rings. The second-order valence-corrected chi connectivity index (χ2v) is 4.23. The Morgan fingerprint density at radius 1 is 1.44 bits per heavy atom. The monoisotopic (exact) mass is 221 g/mol. The Hall–Kier alpha value is -1.35. The molecule has 0 saturated heterocycles. The standard InChI is InChI=1S/C13H19NO2/c1-9-6-7-10(2)11(8-9)12(15)4-3-5-13(14)16/h6-8,12,15H,3-5H2,1-2H3,(H2,14,16). The van der Waals surface area contributed by atoms with E-state index in [0.29, 0.717) is 19.3 Å². The van der Waals surface area contributed by atoms with Gasteiger partial charge in [0.2, 0.25) is 5.91 Å². The van der Waals surface area contributed by atoms with Gasteiger partial charge in [-0.1, -0.05) is 23.8 Å². The fraction of sp³-hybridized carbons (Fsp3) is 0.462. The van der Waals surface area contributed by atoms with Crippen molar-refractivity contribution < 1.29 is 9.90 Å². The molecule has 0 saturated carbocycles. The number of benzene rings is 1. The third-order valence-electron chi connectivity index (χ3n) is 2.69. The summed E-state index contributed by atoms with van der Waals surface area (Å²) in [5.74, 6) is -0.312. The predicted octanol–water partition coefficient (Wildman–Crippen LogP) is 1.99. The van der Waals surface area contributed by atoms with Gasteiger partial charge in [-0.2, -0.15) is 0 Å². The number of primary amides is 1. The number of carbonyl (C=O) groups is 1. The highest BCUT2D eigenvalue weighted by Gasteiger charge is 2.10. The molecule has 0 aliphatic heterocycles. The van der Waals surface area contributed by atoms with Crippen LogP contribution in [0.25, 0.3) is 0 Å². The highest BCUT2D eigenvalue weighted by Crippen LogP contribution is 2.23. The van der Waals surface area contributed by atoms with Crippen LogP contribution in [-0.2, 0) is 4.79 Å². The largest absolute Gasteiger partial charge is 0.388 e. The summed E-state index contributed by atoms with van der Waals surface area (Å²) >= 11 is 0. The van der Waals surface area contributed by atoms with E-state index in [1.165, 1.54) is 0 Å². The summed E-state index contributed by atoms with van der Waals surface area (Å²) in [5, 5.41) is 9.99. The van der Waals surface area contributed by atoms with Crippen LogP contribution in [0.15, 0.2) is 18.2 Å². The van der Waals surface area contributed by atoms with Gasteiger partial charge in [-0.25, -0.2) is 0 Å². The number of aryl methyl sites for hydroxylation is 2. The smallest absolute Gasteiger partial charge is 0.217 e. The Morgan fingerprint density at radius 2 is 2.12 bits per heavy atom. The summed E-state index contributed by atoms with van der Waals surface area (Å²) in [5.41, 5.74) is 8.21. The molecule has 1 amide bonds.